The Bertz CT molecular complexity index is 1050. The number of hydrogen-bond acceptors (Lipinski definition) is 6. The Morgan fingerprint density at radius 1 is 1.39 bits per heavy atom. The second kappa shape index (κ2) is 6.80. The number of fused-ring (bicyclic) bond motifs is 2. The van der Waals surface area contributed by atoms with Crippen molar-refractivity contribution in [3.63, 3.8) is 0 Å². The quantitative estimate of drug-likeness (QED) is 0.701. The lowest BCUT2D eigenvalue weighted by Crippen LogP contribution is -2.18. The molecule has 1 aromatic carbocycles. The highest BCUT2D eigenvalue weighted by atomic mass is 32.2. The van der Waals surface area contributed by atoms with Crippen LogP contribution in [0.1, 0.15) is 41.8 Å². The van der Waals surface area contributed by atoms with E-state index in [0.29, 0.717) is 22.9 Å². The fraction of sp³-hybridized carbons (Fsp3) is 0.444. The van der Waals surface area contributed by atoms with E-state index in [4.69, 9.17) is 9.88 Å². The Morgan fingerprint density at radius 3 is 2.89 bits per heavy atom. The number of carbonyl (C=O) groups is 1. The predicted octanol–water partition coefficient (Wildman–Crippen LogP) is 2.73. The van der Waals surface area contributed by atoms with Gasteiger partial charge in [0.2, 0.25) is 4.34 Å². The third-order valence-electron chi connectivity index (χ3n) is 4.84. The second-order valence-corrected chi connectivity index (χ2v) is 10.5. The summed E-state index contributed by atoms with van der Waals surface area (Å²) in [7, 11) is -3.53. The summed E-state index contributed by atoms with van der Waals surface area (Å²) in [6.07, 6.45) is 5.03. The van der Waals surface area contributed by atoms with Crippen molar-refractivity contribution in [1.29, 1.82) is 0 Å². The Hall–Kier alpha value is -2.01. The largest absolute Gasteiger partial charge is 0.491 e. The topological polar surface area (TPSA) is 127 Å². The first-order valence-corrected chi connectivity index (χ1v) is 11.4. The average Bonchev–Trinajstić information content (AvgIpc) is 3.33. The number of nitrogens with zero attached hydrogens (tertiary/aromatic N) is 2. The molecule has 4 rings (SSSR count). The number of aryl methyl sites for hydroxylation is 1. The van der Waals surface area contributed by atoms with Gasteiger partial charge < -0.3 is 15.2 Å². The van der Waals surface area contributed by atoms with Crippen LogP contribution in [0.15, 0.2) is 21.0 Å². The van der Waals surface area contributed by atoms with Crippen LogP contribution >= 0.6 is 11.3 Å². The summed E-state index contributed by atoms with van der Waals surface area (Å²) < 4.78 is 22.2. The van der Waals surface area contributed by atoms with Gasteiger partial charge in [-0.15, -0.1) is 15.7 Å². The molecular weight excluding hydrogens is 400 g/mol. The van der Waals surface area contributed by atoms with Crippen LogP contribution < -0.4 is 15.2 Å². The van der Waals surface area contributed by atoms with Crippen molar-refractivity contribution >= 4 is 33.0 Å². The fourth-order valence-corrected chi connectivity index (χ4v) is 5.58. The number of hydrogen-bond donors (Lipinski definition) is 3. The Balaban J connectivity index is 1.65. The van der Waals surface area contributed by atoms with Crippen molar-refractivity contribution in [2.75, 3.05) is 11.9 Å². The van der Waals surface area contributed by atoms with Gasteiger partial charge in [-0.25, -0.2) is 19.1 Å². The minimum Gasteiger partial charge on any atom is -0.491 e. The number of amides is 2. The highest BCUT2D eigenvalue weighted by Gasteiger charge is 2.27. The van der Waals surface area contributed by atoms with Gasteiger partial charge in [-0.3, -0.25) is 0 Å². The van der Waals surface area contributed by atoms with Crippen molar-refractivity contribution in [1.82, 2.24) is 4.98 Å². The number of nitrogens with one attached hydrogen (secondary N) is 1. The Morgan fingerprint density at radius 2 is 2.18 bits per heavy atom. The van der Waals surface area contributed by atoms with Crippen LogP contribution in [-0.2, 0) is 34.8 Å². The number of carbonyl (C=O) groups excluding carboxylic acids is 1. The minimum absolute atomic E-state index is 0.000422. The highest BCUT2D eigenvalue weighted by Crippen LogP contribution is 2.42. The van der Waals surface area contributed by atoms with Crippen molar-refractivity contribution in [2.24, 2.45) is 9.50 Å². The molecule has 0 saturated carbocycles. The molecule has 1 aliphatic heterocycles. The molecule has 1 aromatic heterocycles. The van der Waals surface area contributed by atoms with Crippen LogP contribution in [0.4, 0.5) is 10.5 Å². The van der Waals surface area contributed by atoms with Gasteiger partial charge in [-0.05, 0) is 49.8 Å². The lowest BCUT2D eigenvalue weighted by Gasteiger charge is -2.14. The lowest BCUT2D eigenvalue weighted by molar-refractivity contribution is 0.0823. The van der Waals surface area contributed by atoms with E-state index in [9.17, 15) is 14.1 Å². The van der Waals surface area contributed by atoms with E-state index in [2.05, 4.69) is 20.7 Å². The van der Waals surface area contributed by atoms with E-state index >= 15 is 0 Å². The number of anilines is 1. The van der Waals surface area contributed by atoms with Crippen molar-refractivity contribution < 1.29 is 18.8 Å². The maximum absolute atomic E-state index is 12.8. The Kier molecular flexibility index (Phi) is 4.69. The van der Waals surface area contributed by atoms with E-state index in [-0.39, 0.29) is 4.34 Å². The lowest BCUT2D eigenvalue weighted by atomic mass is 10.0. The molecule has 8 nitrogen and oxygen atoms in total. The average molecular weight is 423 g/mol. The van der Waals surface area contributed by atoms with Crippen LogP contribution in [0.25, 0.3) is 0 Å². The van der Waals surface area contributed by atoms with Gasteiger partial charge in [-0.2, -0.15) is 0 Å². The zero-order valence-corrected chi connectivity index (χ0v) is 17.3. The molecule has 1 aliphatic carbocycles. The predicted molar refractivity (Wildman–Crippen MR) is 107 cm³/mol. The molecule has 0 fully saturated rings. The summed E-state index contributed by atoms with van der Waals surface area (Å²) in [4.78, 5) is 17.0. The van der Waals surface area contributed by atoms with Gasteiger partial charge in [0.1, 0.15) is 5.75 Å². The van der Waals surface area contributed by atoms with Gasteiger partial charge in [0.15, 0.2) is 9.92 Å². The molecule has 4 N–H and O–H groups in total. The number of urea groups is 1. The van der Waals surface area contributed by atoms with Gasteiger partial charge in [0.25, 0.3) is 0 Å². The summed E-state index contributed by atoms with van der Waals surface area (Å²) in [5, 5.41) is 18.6. The number of benzene rings is 1. The van der Waals surface area contributed by atoms with Gasteiger partial charge in [-0.1, -0.05) is 6.07 Å². The van der Waals surface area contributed by atoms with E-state index in [0.717, 1.165) is 48.1 Å². The number of nitrogens with two attached hydrogens (primary N) is 1. The molecule has 10 heteroatoms. The SMILES string of the molecule is CC(C)(O)c1cnc(S(N)(=O)=NC(=O)Nc2c3c(cc4c2OCC4)CCC3)s1. The van der Waals surface area contributed by atoms with Gasteiger partial charge in [0.05, 0.1) is 22.8 Å². The monoisotopic (exact) mass is 422 g/mol. The summed E-state index contributed by atoms with van der Waals surface area (Å²) in [6.45, 7) is 3.75. The maximum Gasteiger partial charge on any atom is 0.355 e. The highest BCUT2D eigenvalue weighted by molar-refractivity contribution is 7.93. The van der Waals surface area contributed by atoms with Crippen LogP contribution in [0.3, 0.4) is 0 Å². The maximum atomic E-state index is 12.8. The second-order valence-electron chi connectivity index (χ2n) is 7.47. The smallest absolute Gasteiger partial charge is 0.355 e. The molecule has 0 spiro atoms. The minimum atomic E-state index is -3.53. The normalized spacial score (nSPS) is 17.4. The molecule has 2 amide bonds. The van der Waals surface area contributed by atoms with Crippen LogP contribution in [0, 0.1) is 0 Å². The van der Waals surface area contributed by atoms with Crippen molar-refractivity contribution in [2.45, 2.75) is 49.5 Å². The van der Waals surface area contributed by atoms with Crippen LogP contribution in [-0.4, -0.2) is 26.9 Å². The van der Waals surface area contributed by atoms with E-state index in [1.165, 1.54) is 11.8 Å². The van der Waals surface area contributed by atoms with Crippen LogP contribution in [0.5, 0.6) is 5.75 Å². The first-order valence-electron chi connectivity index (χ1n) is 9.00. The zero-order chi connectivity index (χ0) is 20.1. The first kappa shape index (κ1) is 19.3. The molecule has 0 radical (unpaired) electrons. The van der Waals surface area contributed by atoms with Gasteiger partial charge in [0, 0.05) is 12.6 Å². The van der Waals surface area contributed by atoms with E-state index in [1.54, 1.807) is 13.8 Å². The number of ether oxygens (including phenoxy) is 1. The summed E-state index contributed by atoms with van der Waals surface area (Å²) in [5.74, 6) is 0.672. The number of aromatic nitrogens is 1. The number of aliphatic hydroxyl groups is 1. The van der Waals surface area contributed by atoms with Crippen molar-refractivity contribution in [3.8, 4) is 5.75 Å². The van der Waals surface area contributed by atoms with E-state index < -0.39 is 21.5 Å². The molecule has 2 aromatic rings. The first-order chi connectivity index (χ1) is 13.1. The molecule has 0 saturated heterocycles. The van der Waals surface area contributed by atoms with Crippen LogP contribution in [0.2, 0.25) is 0 Å². The molecule has 28 heavy (non-hydrogen) atoms. The van der Waals surface area contributed by atoms with Gasteiger partial charge >= 0.3 is 6.03 Å². The standard InChI is InChI=1S/C18H22N4O4S2/c1-18(2,24)13-9-20-17(27-13)28(19,25)22-16(23)21-14-12-5-3-4-10(12)8-11-6-7-26-15(11)14/h8-9,24H,3-7H2,1-2H3,(H3,19,21,22,23,25). The summed E-state index contributed by atoms with van der Waals surface area (Å²) in [5.41, 5.74) is 2.80. The summed E-state index contributed by atoms with van der Waals surface area (Å²) >= 11 is 0.975. The Labute approximate surface area is 167 Å². The number of thiazole rings is 1. The molecule has 1 unspecified atom stereocenters. The zero-order valence-electron chi connectivity index (χ0n) is 15.7. The third-order valence-corrected chi connectivity index (χ3v) is 7.95. The molecule has 1 atom stereocenters. The number of rotatable bonds is 3. The van der Waals surface area contributed by atoms with E-state index in [1.807, 2.05) is 0 Å². The molecule has 2 aliphatic rings. The fourth-order valence-electron chi connectivity index (χ4n) is 3.50. The molecular formula is C18H22N4O4S2. The summed E-state index contributed by atoms with van der Waals surface area (Å²) in [6, 6.07) is 1.35. The molecule has 2 heterocycles. The molecule has 150 valence electrons. The van der Waals surface area contributed by atoms with Crippen molar-refractivity contribution in [3.05, 3.63) is 33.8 Å². The third kappa shape index (κ3) is 3.52. The molecule has 0 bridgehead atoms.